The van der Waals surface area contributed by atoms with Crippen molar-refractivity contribution >= 4 is 16.8 Å². The highest BCUT2D eigenvalue weighted by Crippen LogP contribution is 2.15. The molecule has 0 bridgehead atoms. The van der Waals surface area contributed by atoms with E-state index in [4.69, 9.17) is 0 Å². The standard InChI is InChI=1S/C27H23N5O3/c1-18(21-15-28-31(17-21)16-19-8-4-2-5-9-19)29-25(33)20-12-13-23-24(14-20)30-27(35)32(26(23)34)22-10-6-3-7-11-22/h2-15,17-18H,16H2,1H3,(H,29,33)(H,30,35). The molecule has 0 aliphatic heterocycles. The maximum absolute atomic E-state index is 13.0. The zero-order valence-electron chi connectivity index (χ0n) is 19.0. The molecule has 2 heterocycles. The maximum Gasteiger partial charge on any atom is 0.333 e. The highest BCUT2D eigenvalue weighted by Gasteiger charge is 2.16. The van der Waals surface area contributed by atoms with Gasteiger partial charge in [0.1, 0.15) is 0 Å². The molecule has 3 aromatic carbocycles. The van der Waals surface area contributed by atoms with E-state index in [9.17, 15) is 14.4 Å². The van der Waals surface area contributed by atoms with E-state index < -0.39 is 11.2 Å². The maximum atomic E-state index is 13.0. The molecule has 0 saturated heterocycles. The van der Waals surface area contributed by atoms with Crippen LogP contribution in [0, 0.1) is 0 Å². The molecule has 5 aromatic rings. The third kappa shape index (κ3) is 4.54. The largest absolute Gasteiger partial charge is 0.345 e. The summed E-state index contributed by atoms with van der Waals surface area (Å²) in [7, 11) is 0. The summed E-state index contributed by atoms with van der Waals surface area (Å²) in [4.78, 5) is 41.2. The molecule has 35 heavy (non-hydrogen) atoms. The normalized spacial score (nSPS) is 11.9. The van der Waals surface area contributed by atoms with Crippen molar-refractivity contribution in [2.75, 3.05) is 0 Å². The first-order valence-electron chi connectivity index (χ1n) is 11.2. The number of para-hydroxylation sites is 1. The predicted molar refractivity (Wildman–Crippen MR) is 134 cm³/mol. The lowest BCUT2D eigenvalue weighted by molar-refractivity contribution is 0.0940. The number of carbonyl (C=O) groups is 1. The van der Waals surface area contributed by atoms with Crippen molar-refractivity contribution in [3.8, 4) is 5.69 Å². The van der Waals surface area contributed by atoms with E-state index in [0.717, 1.165) is 15.7 Å². The minimum atomic E-state index is -0.564. The van der Waals surface area contributed by atoms with Crippen LogP contribution >= 0.6 is 0 Å². The molecule has 174 valence electrons. The van der Waals surface area contributed by atoms with Gasteiger partial charge in [0, 0.05) is 17.3 Å². The summed E-state index contributed by atoms with van der Waals surface area (Å²) in [6, 6.07) is 23.1. The number of fused-ring (bicyclic) bond motifs is 1. The van der Waals surface area contributed by atoms with Gasteiger partial charge in [0.15, 0.2) is 0 Å². The predicted octanol–water partition coefficient (Wildman–Crippen LogP) is 3.41. The zero-order valence-corrected chi connectivity index (χ0v) is 19.0. The van der Waals surface area contributed by atoms with Crippen LogP contribution in [0.4, 0.5) is 0 Å². The molecule has 0 spiro atoms. The second-order valence-corrected chi connectivity index (χ2v) is 8.32. The molecule has 5 rings (SSSR count). The molecular weight excluding hydrogens is 442 g/mol. The van der Waals surface area contributed by atoms with Gasteiger partial charge in [0.25, 0.3) is 11.5 Å². The molecule has 1 amide bonds. The Morgan fingerprint density at radius 3 is 2.46 bits per heavy atom. The van der Waals surface area contributed by atoms with Gasteiger partial charge < -0.3 is 10.3 Å². The van der Waals surface area contributed by atoms with Gasteiger partial charge in [-0.05, 0) is 42.8 Å². The van der Waals surface area contributed by atoms with Gasteiger partial charge in [0.05, 0.1) is 35.4 Å². The molecular formula is C27H23N5O3. The summed E-state index contributed by atoms with van der Waals surface area (Å²) < 4.78 is 2.91. The fraction of sp³-hybridized carbons (Fsp3) is 0.111. The zero-order chi connectivity index (χ0) is 24.4. The Kier molecular flexibility index (Phi) is 5.85. The fourth-order valence-corrected chi connectivity index (χ4v) is 3.99. The van der Waals surface area contributed by atoms with Crippen LogP contribution in [0.3, 0.4) is 0 Å². The second kappa shape index (κ2) is 9.26. The van der Waals surface area contributed by atoms with Crippen LogP contribution in [0.2, 0.25) is 0 Å². The van der Waals surface area contributed by atoms with E-state index in [2.05, 4.69) is 15.4 Å². The number of aromatic nitrogens is 4. The van der Waals surface area contributed by atoms with Crippen molar-refractivity contribution in [1.29, 1.82) is 0 Å². The highest BCUT2D eigenvalue weighted by molar-refractivity contribution is 5.97. The third-order valence-corrected chi connectivity index (χ3v) is 5.86. The Balaban J connectivity index is 1.35. The SMILES string of the molecule is CC(NC(=O)c1ccc2c(=O)n(-c3ccccc3)c(=O)[nH]c2c1)c1cnn(Cc2ccccc2)c1. The van der Waals surface area contributed by atoms with Crippen LogP contribution in [0.15, 0.2) is 101 Å². The number of hydrogen-bond donors (Lipinski definition) is 2. The van der Waals surface area contributed by atoms with Crippen molar-refractivity contribution in [1.82, 2.24) is 24.6 Å². The lowest BCUT2D eigenvalue weighted by Gasteiger charge is -2.13. The van der Waals surface area contributed by atoms with E-state index in [0.29, 0.717) is 28.7 Å². The lowest BCUT2D eigenvalue weighted by Crippen LogP contribution is -2.33. The van der Waals surface area contributed by atoms with E-state index in [-0.39, 0.29) is 11.9 Å². The molecule has 2 aromatic heterocycles. The molecule has 0 aliphatic rings. The summed E-state index contributed by atoms with van der Waals surface area (Å²) in [5.74, 6) is -0.316. The molecule has 1 atom stereocenters. The van der Waals surface area contributed by atoms with Gasteiger partial charge in [-0.25, -0.2) is 9.36 Å². The van der Waals surface area contributed by atoms with Gasteiger partial charge in [0.2, 0.25) is 0 Å². The first-order chi connectivity index (χ1) is 17.0. The van der Waals surface area contributed by atoms with Crippen LogP contribution in [0.5, 0.6) is 0 Å². The number of hydrogen-bond acceptors (Lipinski definition) is 4. The number of rotatable bonds is 6. The molecule has 2 N–H and O–H groups in total. The van der Waals surface area contributed by atoms with Gasteiger partial charge in [-0.15, -0.1) is 0 Å². The highest BCUT2D eigenvalue weighted by atomic mass is 16.2. The topological polar surface area (TPSA) is 102 Å². The van der Waals surface area contributed by atoms with Crippen molar-refractivity contribution < 1.29 is 4.79 Å². The third-order valence-electron chi connectivity index (χ3n) is 5.86. The Hall–Kier alpha value is -4.72. The lowest BCUT2D eigenvalue weighted by atomic mass is 10.1. The molecule has 8 nitrogen and oxygen atoms in total. The quantitative estimate of drug-likeness (QED) is 0.401. The van der Waals surface area contributed by atoms with Crippen molar-refractivity contribution in [3.63, 3.8) is 0 Å². The minimum absolute atomic E-state index is 0.284. The van der Waals surface area contributed by atoms with E-state index in [1.54, 1.807) is 42.6 Å². The van der Waals surface area contributed by atoms with Crippen molar-refractivity contribution in [2.45, 2.75) is 19.5 Å². The first kappa shape index (κ1) is 22.1. The van der Waals surface area contributed by atoms with Crippen LogP contribution in [0.25, 0.3) is 16.6 Å². The fourth-order valence-electron chi connectivity index (χ4n) is 3.99. The second-order valence-electron chi connectivity index (χ2n) is 8.32. The minimum Gasteiger partial charge on any atom is -0.345 e. The van der Waals surface area contributed by atoms with Crippen molar-refractivity contribution in [3.05, 3.63) is 129 Å². The van der Waals surface area contributed by atoms with Gasteiger partial charge >= 0.3 is 5.69 Å². The molecule has 0 radical (unpaired) electrons. The van der Waals surface area contributed by atoms with Gasteiger partial charge in [-0.3, -0.25) is 14.3 Å². The Bertz CT molecular complexity index is 1620. The molecule has 1 unspecified atom stereocenters. The van der Waals surface area contributed by atoms with Crippen molar-refractivity contribution in [2.24, 2.45) is 0 Å². The van der Waals surface area contributed by atoms with E-state index in [1.165, 1.54) is 6.07 Å². The van der Waals surface area contributed by atoms with Crippen LogP contribution < -0.4 is 16.6 Å². The molecule has 8 heteroatoms. The summed E-state index contributed by atoms with van der Waals surface area (Å²) in [6.07, 6.45) is 3.64. The average Bonchev–Trinajstić information content (AvgIpc) is 3.33. The number of amides is 1. The Morgan fingerprint density at radius 1 is 1.00 bits per heavy atom. The number of benzene rings is 3. The van der Waals surface area contributed by atoms with Gasteiger partial charge in [-0.2, -0.15) is 5.10 Å². The summed E-state index contributed by atoms with van der Waals surface area (Å²) in [5.41, 5.74) is 2.12. The summed E-state index contributed by atoms with van der Waals surface area (Å²) >= 11 is 0. The van der Waals surface area contributed by atoms with E-state index >= 15 is 0 Å². The van der Waals surface area contributed by atoms with E-state index in [1.807, 2.05) is 54.2 Å². The number of nitrogens with zero attached hydrogens (tertiary/aromatic N) is 3. The first-order valence-corrected chi connectivity index (χ1v) is 11.2. The average molecular weight is 466 g/mol. The Labute approximate surface area is 200 Å². The van der Waals surface area contributed by atoms with Gasteiger partial charge in [-0.1, -0.05) is 48.5 Å². The van der Waals surface area contributed by atoms with Crippen LogP contribution in [-0.2, 0) is 6.54 Å². The van der Waals surface area contributed by atoms with Crippen LogP contribution in [0.1, 0.15) is 34.5 Å². The summed E-state index contributed by atoms with van der Waals surface area (Å²) in [5, 5.41) is 7.67. The Morgan fingerprint density at radius 2 is 1.71 bits per heavy atom. The molecule has 0 fully saturated rings. The van der Waals surface area contributed by atoms with Crippen LogP contribution in [-0.4, -0.2) is 25.2 Å². The number of H-pyrrole nitrogens is 1. The monoisotopic (exact) mass is 465 g/mol. The molecule has 0 saturated carbocycles. The molecule has 0 aliphatic carbocycles. The smallest absolute Gasteiger partial charge is 0.333 e. The summed E-state index contributed by atoms with van der Waals surface area (Å²) in [6.45, 7) is 2.52. The number of aromatic amines is 1. The number of carbonyl (C=O) groups excluding carboxylic acids is 1. The number of nitrogens with one attached hydrogen (secondary N) is 2.